The highest BCUT2D eigenvalue weighted by atomic mass is 127. The van der Waals surface area contributed by atoms with Crippen molar-refractivity contribution in [1.82, 2.24) is 5.32 Å². The van der Waals surface area contributed by atoms with E-state index in [9.17, 15) is 4.79 Å². The molecule has 1 aromatic rings. The molecule has 1 rings (SSSR count). The van der Waals surface area contributed by atoms with Gasteiger partial charge >= 0.3 is 6.09 Å². The molecule has 0 aromatic heterocycles. The number of halogens is 1. The van der Waals surface area contributed by atoms with E-state index in [0.29, 0.717) is 6.61 Å². The summed E-state index contributed by atoms with van der Waals surface area (Å²) in [5, 5.41) is 2.71. The van der Waals surface area contributed by atoms with Gasteiger partial charge in [0, 0.05) is 0 Å². The van der Waals surface area contributed by atoms with E-state index in [2.05, 4.69) is 34.5 Å². The van der Waals surface area contributed by atoms with Crippen molar-refractivity contribution in [3.05, 3.63) is 40.5 Å². The molecule has 0 heterocycles. The number of hydrogen-bond donors (Lipinski definition) is 1. The number of carbonyl (C=O) groups is 1. The summed E-state index contributed by atoms with van der Waals surface area (Å²) in [4.78, 5) is 11.7. The maximum atomic E-state index is 11.7. The zero-order valence-corrected chi connectivity index (χ0v) is 14.1. The fraction of sp³-hybridized carbons (Fsp3) is 0.400. The van der Waals surface area contributed by atoms with Gasteiger partial charge in [-0.3, -0.25) is 0 Å². The fourth-order valence-electron chi connectivity index (χ4n) is 1.37. The Morgan fingerprint density at radius 1 is 1.45 bits per heavy atom. The van der Waals surface area contributed by atoms with E-state index in [-0.39, 0.29) is 6.04 Å². The quantitative estimate of drug-likeness (QED) is 0.617. The van der Waals surface area contributed by atoms with Crippen molar-refractivity contribution in [3.8, 4) is 5.75 Å². The lowest BCUT2D eigenvalue weighted by Crippen LogP contribution is -2.41. The molecule has 0 spiro atoms. The number of para-hydroxylation sites is 1. The summed E-state index contributed by atoms with van der Waals surface area (Å²) in [6, 6.07) is 7.39. The maximum absolute atomic E-state index is 11.7. The molecule has 0 unspecified atom stereocenters. The van der Waals surface area contributed by atoms with Gasteiger partial charge in [-0.15, -0.1) is 6.58 Å². The fourth-order valence-corrected chi connectivity index (χ4v) is 1.91. The van der Waals surface area contributed by atoms with Crippen LogP contribution in [0.3, 0.4) is 0 Å². The number of amides is 1. The molecule has 0 aliphatic carbocycles. The third-order valence-electron chi connectivity index (χ3n) is 2.24. The number of rotatable bonds is 5. The van der Waals surface area contributed by atoms with Gasteiger partial charge in [-0.25, -0.2) is 4.79 Å². The summed E-state index contributed by atoms with van der Waals surface area (Å²) in [6.45, 7) is 9.45. The number of carbonyl (C=O) groups excluding carboxylic acids is 1. The predicted molar refractivity (Wildman–Crippen MR) is 88.0 cm³/mol. The van der Waals surface area contributed by atoms with Crippen LogP contribution in [-0.2, 0) is 4.74 Å². The standard InChI is InChI=1S/C15H20INO3/c1-5-11(17-14(18)20-15(2,3)4)10-19-13-9-7-6-8-12(13)16/h5-9,11H,1,10H2,2-4H3,(H,17,18)/t11-/m0/s1. The second kappa shape index (κ2) is 7.52. The molecule has 0 radical (unpaired) electrons. The Kier molecular flexibility index (Phi) is 6.32. The van der Waals surface area contributed by atoms with Crippen molar-refractivity contribution in [1.29, 1.82) is 0 Å². The van der Waals surface area contributed by atoms with Gasteiger partial charge in [0.25, 0.3) is 0 Å². The SMILES string of the molecule is C=C[C@@H](COc1ccccc1I)NC(=O)OC(C)(C)C. The molecule has 0 aliphatic rings. The minimum atomic E-state index is -0.522. The summed E-state index contributed by atoms with van der Waals surface area (Å²) in [5.41, 5.74) is -0.522. The van der Waals surface area contributed by atoms with E-state index >= 15 is 0 Å². The molecule has 1 atom stereocenters. The minimum absolute atomic E-state index is 0.305. The summed E-state index contributed by atoms with van der Waals surface area (Å²) < 4.78 is 11.9. The highest BCUT2D eigenvalue weighted by molar-refractivity contribution is 14.1. The van der Waals surface area contributed by atoms with Crippen molar-refractivity contribution in [2.24, 2.45) is 0 Å². The van der Waals surface area contributed by atoms with Crippen LogP contribution < -0.4 is 10.1 Å². The molecule has 1 amide bonds. The zero-order valence-electron chi connectivity index (χ0n) is 12.0. The number of alkyl carbamates (subject to hydrolysis) is 1. The molecule has 1 N–H and O–H groups in total. The first-order valence-electron chi connectivity index (χ1n) is 6.31. The van der Waals surface area contributed by atoms with Crippen LogP contribution in [0.5, 0.6) is 5.75 Å². The molecule has 0 aliphatic heterocycles. The van der Waals surface area contributed by atoms with Gasteiger partial charge in [0.05, 0.1) is 9.61 Å². The molecule has 4 nitrogen and oxygen atoms in total. The Balaban J connectivity index is 2.50. The smallest absolute Gasteiger partial charge is 0.408 e. The van der Waals surface area contributed by atoms with E-state index in [1.54, 1.807) is 6.08 Å². The van der Waals surface area contributed by atoms with Crippen LogP contribution in [0.1, 0.15) is 20.8 Å². The number of benzene rings is 1. The Morgan fingerprint density at radius 3 is 2.65 bits per heavy atom. The third-order valence-corrected chi connectivity index (χ3v) is 3.13. The van der Waals surface area contributed by atoms with Crippen molar-refractivity contribution in [2.75, 3.05) is 6.61 Å². The highest BCUT2D eigenvalue weighted by Gasteiger charge is 2.18. The van der Waals surface area contributed by atoms with Crippen LogP contribution in [0.2, 0.25) is 0 Å². The lowest BCUT2D eigenvalue weighted by atomic mass is 10.2. The van der Waals surface area contributed by atoms with Gasteiger partial charge in [-0.2, -0.15) is 0 Å². The van der Waals surface area contributed by atoms with Crippen LogP contribution in [0.25, 0.3) is 0 Å². The van der Waals surface area contributed by atoms with Gasteiger partial charge in [-0.05, 0) is 55.5 Å². The average molecular weight is 389 g/mol. The maximum Gasteiger partial charge on any atom is 0.408 e. The molecular formula is C15H20INO3. The topological polar surface area (TPSA) is 47.6 Å². The summed E-state index contributed by atoms with van der Waals surface area (Å²) in [7, 11) is 0. The van der Waals surface area contributed by atoms with Crippen LogP contribution in [-0.4, -0.2) is 24.3 Å². The second-order valence-electron chi connectivity index (χ2n) is 5.23. The van der Waals surface area contributed by atoms with Gasteiger partial charge in [0.2, 0.25) is 0 Å². The number of hydrogen-bond acceptors (Lipinski definition) is 3. The first-order chi connectivity index (χ1) is 9.31. The Bertz CT molecular complexity index is 468. The summed E-state index contributed by atoms with van der Waals surface area (Å²) in [5.74, 6) is 0.783. The average Bonchev–Trinajstić information content (AvgIpc) is 2.34. The summed E-state index contributed by atoms with van der Waals surface area (Å²) >= 11 is 2.20. The Hall–Kier alpha value is -1.24. The molecule has 20 heavy (non-hydrogen) atoms. The molecule has 0 fully saturated rings. The predicted octanol–water partition coefficient (Wildman–Crippen LogP) is 3.75. The van der Waals surface area contributed by atoms with Crippen molar-refractivity contribution in [3.63, 3.8) is 0 Å². The van der Waals surface area contributed by atoms with Gasteiger partial charge < -0.3 is 14.8 Å². The second-order valence-corrected chi connectivity index (χ2v) is 6.39. The minimum Gasteiger partial charge on any atom is -0.490 e. The molecule has 110 valence electrons. The largest absolute Gasteiger partial charge is 0.490 e. The molecule has 1 aromatic carbocycles. The van der Waals surface area contributed by atoms with E-state index < -0.39 is 11.7 Å². The Morgan fingerprint density at radius 2 is 2.10 bits per heavy atom. The van der Waals surface area contributed by atoms with Crippen molar-refractivity contribution < 1.29 is 14.3 Å². The molecule has 0 bridgehead atoms. The van der Waals surface area contributed by atoms with E-state index in [4.69, 9.17) is 9.47 Å². The lowest BCUT2D eigenvalue weighted by Gasteiger charge is -2.22. The molecular weight excluding hydrogens is 369 g/mol. The monoisotopic (exact) mass is 389 g/mol. The van der Waals surface area contributed by atoms with E-state index in [0.717, 1.165) is 9.32 Å². The van der Waals surface area contributed by atoms with Crippen LogP contribution in [0.4, 0.5) is 4.79 Å². The number of ether oxygens (including phenoxy) is 2. The van der Waals surface area contributed by atoms with Gasteiger partial charge in [0.1, 0.15) is 18.0 Å². The third kappa shape index (κ3) is 6.27. The van der Waals surface area contributed by atoms with Gasteiger partial charge in [0.15, 0.2) is 0 Å². The first-order valence-corrected chi connectivity index (χ1v) is 7.39. The molecule has 0 saturated carbocycles. The van der Waals surface area contributed by atoms with Crippen molar-refractivity contribution >= 4 is 28.7 Å². The lowest BCUT2D eigenvalue weighted by molar-refractivity contribution is 0.0502. The van der Waals surface area contributed by atoms with Gasteiger partial charge in [-0.1, -0.05) is 18.2 Å². The van der Waals surface area contributed by atoms with E-state index in [1.165, 1.54) is 0 Å². The number of nitrogens with one attached hydrogen (secondary N) is 1. The normalized spacial score (nSPS) is 12.4. The summed E-state index contributed by atoms with van der Waals surface area (Å²) in [6.07, 6.45) is 1.15. The van der Waals surface area contributed by atoms with Crippen LogP contribution in [0, 0.1) is 3.57 Å². The molecule has 5 heteroatoms. The molecule has 0 saturated heterocycles. The van der Waals surface area contributed by atoms with Crippen LogP contribution in [0.15, 0.2) is 36.9 Å². The van der Waals surface area contributed by atoms with Crippen molar-refractivity contribution in [2.45, 2.75) is 32.4 Å². The zero-order chi connectivity index (χ0) is 15.2. The van der Waals surface area contributed by atoms with E-state index in [1.807, 2.05) is 45.0 Å². The Labute approximate surface area is 133 Å². The highest BCUT2D eigenvalue weighted by Crippen LogP contribution is 2.19. The van der Waals surface area contributed by atoms with Crippen LogP contribution >= 0.6 is 22.6 Å². The first kappa shape index (κ1) is 16.8.